The lowest BCUT2D eigenvalue weighted by atomic mass is 9.99. The van der Waals surface area contributed by atoms with Gasteiger partial charge in [-0.1, -0.05) is 6.92 Å². The van der Waals surface area contributed by atoms with Crippen molar-refractivity contribution in [3.8, 4) is 0 Å². The SMILES string of the molecule is CNCCCC(=O)NCCCCN1CCC(C)CC1. The minimum Gasteiger partial charge on any atom is -0.356 e. The third kappa shape index (κ3) is 8.22. The van der Waals surface area contributed by atoms with Crippen LogP contribution in [0.2, 0.25) is 0 Å². The van der Waals surface area contributed by atoms with Crippen molar-refractivity contribution in [2.75, 3.05) is 39.8 Å². The van der Waals surface area contributed by atoms with Gasteiger partial charge in [0.05, 0.1) is 0 Å². The Labute approximate surface area is 118 Å². The lowest BCUT2D eigenvalue weighted by Crippen LogP contribution is -2.34. The predicted molar refractivity (Wildman–Crippen MR) is 80.2 cm³/mol. The number of nitrogens with zero attached hydrogens (tertiary/aromatic N) is 1. The molecule has 0 saturated carbocycles. The van der Waals surface area contributed by atoms with E-state index < -0.39 is 0 Å². The number of nitrogens with one attached hydrogen (secondary N) is 2. The Morgan fingerprint density at radius 1 is 1.16 bits per heavy atom. The number of piperidine rings is 1. The van der Waals surface area contributed by atoms with Crippen LogP contribution in [0.4, 0.5) is 0 Å². The van der Waals surface area contributed by atoms with Crippen molar-refractivity contribution in [1.82, 2.24) is 15.5 Å². The minimum absolute atomic E-state index is 0.196. The Balaban J connectivity index is 1.89. The van der Waals surface area contributed by atoms with Crippen LogP contribution < -0.4 is 10.6 Å². The van der Waals surface area contributed by atoms with Crippen molar-refractivity contribution in [3.05, 3.63) is 0 Å². The molecule has 1 aliphatic heterocycles. The first-order valence-corrected chi connectivity index (χ1v) is 7.86. The second-order valence-electron chi connectivity index (χ2n) is 5.79. The quantitative estimate of drug-likeness (QED) is 0.625. The number of hydrogen-bond acceptors (Lipinski definition) is 3. The van der Waals surface area contributed by atoms with E-state index in [-0.39, 0.29) is 5.91 Å². The average Bonchev–Trinajstić information content (AvgIpc) is 2.41. The van der Waals surface area contributed by atoms with Gasteiger partial charge in [-0.15, -0.1) is 0 Å². The lowest BCUT2D eigenvalue weighted by molar-refractivity contribution is -0.121. The van der Waals surface area contributed by atoms with E-state index in [1.807, 2.05) is 7.05 Å². The second-order valence-corrected chi connectivity index (χ2v) is 5.79. The molecule has 0 aromatic carbocycles. The van der Waals surface area contributed by atoms with Gasteiger partial charge in [0.25, 0.3) is 0 Å². The Morgan fingerprint density at radius 3 is 2.58 bits per heavy atom. The standard InChI is InChI=1S/C15H31N3O/c1-14-7-12-18(13-8-14)11-4-3-10-17-15(19)6-5-9-16-2/h14,16H,3-13H2,1-2H3,(H,17,19). The van der Waals surface area contributed by atoms with Crippen molar-refractivity contribution in [1.29, 1.82) is 0 Å². The van der Waals surface area contributed by atoms with Crippen LogP contribution in [0.1, 0.15) is 45.4 Å². The number of unbranched alkanes of at least 4 members (excludes halogenated alkanes) is 1. The smallest absolute Gasteiger partial charge is 0.220 e. The summed E-state index contributed by atoms with van der Waals surface area (Å²) in [4.78, 5) is 14.0. The number of amides is 1. The molecule has 0 unspecified atom stereocenters. The molecule has 0 aromatic rings. The van der Waals surface area contributed by atoms with Crippen molar-refractivity contribution < 1.29 is 4.79 Å². The van der Waals surface area contributed by atoms with Gasteiger partial charge in [-0.25, -0.2) is 0 Å². The molecule has 2 N–H and O–H groups in total. The second kappa shape index (κ2) is 10.2. The molecular formula is C15H31N3O. The highest BCUT2D eigenvalue weighted by Crippen LogP contribution is 2.15. The fourth-order valence-corrected chi connectivity index (χ4v) is 2.49. The molecule has 4 nitrogen and oxygen atoms in total. The van der Waals surface area contributed by atoms with E-state index in [1.165, 1.54) is 38.9 Å². The van der Waals surface area contributed by atoms with E-state index in [0.29, 0.717) is 6.42 Å². The van der Waals surface area contributed by atoms with Gasteiger partial charge in [0, 0.05) is 13.0 Å². The maximum absolute atomic E-state index is 11.5. The Hall–Kier alpha value is -0.610. The largest absolute Gasteiger partial charge is 0.356 e. The van der Waals surface area contributed by atoms with Crippen LogP contribution in [-0.4, -0.2) is 50.6 Å². The van der Waals surface area contributed by atoms with Crippen LogP contribution in [0, 0.1) is 5.92 Å². The monoisotopic (exact) mass is 269 g/mol. The van der Waals surface area contributed by atoms with Crippen LogP contribution >= 0.6 is 0 Å². The highest BCUT2D eigenvalue weighted by molar-refractivity contribution is 5.75. The number of hydrogen-bond donors (Lipinski definition) is 2. The van der Waals surface area contributed by atoms with E-state index >= 15 is 0 Å². The van der Waals surface area contributed by atoms with Crippen LogP contribution in [0.15, 0.2) is 0 Å². The van der Waals surface area contributed by atoms with Gasteiger partial charge >= 0.3 is 0 Å². The van der Waals surface area contributed by atoms with E-state index in [2.05, 4.69) is 22.5 Å². The lowest BCUT2D eigenvalue weighted by Gasteiger charge is -2.30. The van der Waals surface area contributed by atoms with E-state index in [4.69, 9.17) is 0 Å². The normalized spacial score (nSPS) is 17.6. The summed E-state index contributed by atoms with van der Waals surface area (Å²) in [6.07, 6.45) is 6.57. The average molecular weight is 269 g/mol. The zero-order valence-electron chi connectivity index (χ0n) is 12.7. The van der Waals surface area contributed by atoms with Gasteiger partial charge in [0.1, 0.15) is 0 Å². The van der Waals surface area contributed by atoms with Gasteiger partial charge in [-0.05, 0) is 71.2 Å². The highest BCUT2D eigenvalue weighted by atomic mass is 16.1. The first-order chi connectivity index (χ1) is 9.22. The van der Waals surface area contributed by atoms with Crippen LogP contribution in [-0.2, 0) is 4.79 Å². The van der Waals surface area contributed by atoms with Crippen LogP contribution in [0.25, 0.3) is 0 Å². The summed E-state index contributed by atoms with van der Waals surface area (Å²) in [6, 6.07) is 0. The summed E-state index contributed by atoms with van der Waals surface area (Å²) in [5.41, 5.74) is 0. The highest BCUT2D eigenvalue weighted by Gasteiger charge is 2.14. The van der Waals surface area contributed by atoms with Crippen LogP contribution in [0.5, 0.6) is 0 Å². The third-order valence-electron chi connectivity index (χ3n) is 3.93. The molecule has 4 heteroatoms. The van der Waals surface area contributed by atoms with Gasteiger partial charge in [-0.2, -0.15) is 0 Å². The van der Waals surface area contributed by atoms with E-state index in [1.54, 1.807) is 0 Å². The van der Waals surface area contributed by atoms with Gasteiger partial charge in [0.2, 0.25) is 5.91 Å². The maximum atomic E-state index is 11.5. The molecule has 0 aromatic heterocycles. The number of carbonyl (C=O) groups is 1. The molecule has 0 bridgehead atoms. The van der Waals surface area contributed by atoms with Gasteiger partial charge < -0.3 is 15.5 Å². The number of likely N-dealkylation sites (tertiary alicyclic amines) is 1. The van der Waals surface area contributed by atoms with Crippen LogP contribution in [0.3, 0.4) is 0 Å². The van der Waals surface area contributed by atoms with Crippen molar-refractivity contribution in [2.24, 2.45) is 5.92 Å². The first kappa shape index (κ1) is 16.4. The summed E-state index contributed by atoms with van der Waals surface area (Å²) in [5.74, 6) is 1.11. The minimum atomic E-state index is 0.196. The molecule has 1 rings (SSSR count). The number of rotatable bonds is 9. The molecule has 19 heavy (non-hydrogen) atoms. The fraction of sp³-hybridized carbons (Fsp3) is 0.933. The van der Waals surface area contributed by atoms with E-state index in [9.17, 15) is 4.79 Å². The molecule has 0 spiro atoms. The number of carbonyl (C=O) groups excluding carboxylic acids is 1. The van der Waals surface area contributed by atoms with Crippen molar-refractivity contribution in [3.63, 3.8) is 0 Å². The summed E-state index contributed by atoms with van der Waals surface area (Å²) in [7, 11) is 1.92. The topological polar surface area (TPSA) is 44.4 Å². The Kier molecular flexibility index (Phi) is 8.84. The van der Waals surface area contributed by atoms with Crippen molar-refractivity contribution in [2.45, 2.75) is 45.4 Å². The fourth-order valence-electron chi connectivity index (χ4n) is 2.49. The molecule has 1 fully saturated rings. The third-order valence-corrected chi connectivity index (χ3v) is 3.93. The predicted octanol–water partition coefficient (Wildman–Crippen LogP) is 1.61. The molecule has 0 atom stereocenters. The maximum Gasteiger partial charge on any atom is 0.220 e. The summed E-state index contributed by atoms with van der Waals surface area (Å²) in [5, 5.41) is 6.05. The Morgan fingerprint density at radius 2 is 1.89 bits per heavy atom. The zero-order chi connectivity index (χ0) is 13.9. The van der Waals surface area contributed by atoms with Gasteiger partial charge in [-0.3, -0.25) is 4.79 Å². The summed E-state index contributed by atoms with van der Waals surface area (Å²) >= 11 is 0. The molecule has 1 saturated heterocycles. The molecule has 1 amide bonds. The molecule has 112 valence electrons. The van der Waals surface area contributed by atoms with Crippen molar-refractivity contribution >= 4 is 5.91 Å². The molecule has 1 aliphatic rings. The first-order valence-electron chi connectivity index (χ1n) is 7.86. The summed E-state index contributed by atoms with van der Waals surface area (Å²) in [6.45, 7) is 7.82. The van der Waals surface area contributed by atoms with E-state index in [0.717, 1.165) is 31.8 Å². The Bertz CT molecular complexity index is 238. The molecular weight excluding hydrogens is 238 g/mol. The summed E-state index contributed by atoms with van der Waals surface area (Å²) < 4.78 is 0. The van der Waals surface area contributed by atoms with Gasteiger partial charge in [0.15, 0.2) is 0 Å². The molecule has 0 radical (unpaired) electrons. The molecule has 0 aliphatic carbocycles. The molecule has 1 heterocycles. The zero-order valence-corrected chi connectivity index (χ0v) is 12.7.